The topological polar surface area (TPSA) is 75.3 Å². The highest BCUT2D eigenvalue weighted by atomic mass is 32.2. The molecule has 6 heteroatoms. The third-order valence-electron chi connectivity index (χ3n) is 3.52. The average Bonchev–Trinajstić information content (AvgIpc) is 2.41. The van der Waals surface area contributed by atoms with Gasteiger partial charge >= 0.3 is 0 Å². The van der Waals surface area contributed by atoms with Gasteiger partial charge in [0.05, 0.1) is 10.6 Å². The van der Waals surface area contributed by atoms with E-state index in [0.717, 1.165) is 11.1 Å². The largest absolute Gasteiger partial charge is 0.326 e. The Morgan fingerprint density at radius 2 is 1.52 bits per heavy atom. The van der Waals surface area contributed by atoms with Crippen LogP contribution in [0.15, 0.2) is 41.3 Å². The van der Waals surface area contributed by atoms with Gasteiger partial charge in [-0.05, 0) is 61.7 Å². The van der Waals surface area contributed by atoms with Crippen LogP contribution in [-0.2, 0) is 14.8 Å². The molecule has 0 radical (unpaired) electrons. The maximum absolute atomic E-state index is 12.6. The lowest BCUT2D eigenvalue weighted by Gasteiger charge is -2.13. The maximum Gasteiger partial charge on any atom is 0.262 e. The first-order chi connectivity index (χ1) is 10.7. The van der Waals surface area contributed by atoms with Gasteiger partial charge in [-0.15, -0.1) is 0 Å². The number of carbonyl (C=O) groups is 1. The number of amides is 1. The second-order valence-electron chi connectivity index (χ2n) is 5.57. The molecule has 2 aromatic rings. The summed E-state index contributed by atoms with van der Waals surface area (Å²) in [6.45, 7) is 7.00. The van der Waals surface area contributed by atoms with Crippen molar-refractivity contribution >= 4 is 27.3 Å². The van der Waals surface area contributed by atoms with Crippen LogP contribution in [0.1, 0.15) is 23.6 Å². The minimum Gasteiger partial charge on any atom is -0.326 e. The molecule has 0 aliphatic carbocycles. The number of nitrogens with one attached hydrogen (secondary N) is 2. The first-order valence-corrected chi connectivity index (χ1v) is 8.65. The first kappa shape index (κ1) is 17.0. The Morgan fingerprint density at radius 1 is 0.913 bits per heavy atom. The molecule has 0 saturated heterocycles. The summed E-state index contributed by atoms with van der Waals surface area (Å²) in [5, 5.41) is 2.62. The van der Waals surface area contributed by atoms with Crippen molar-refractivity contribution in [1.82, 2.24) is 0 Å². The molecule has 0 saturated carbocycles. The molecule has 0 bridgehead atoms. The van der Waals surface area contributed by atoms with Crippen LogP contribution in [-0.4, -0.2) is 14.3 Å². The maximum atomic E-state index is 12.6. The summed E-state index contributed by atoms with van der Waals surface area (Å²) in [5.74, 6) is -0.213. The number of carbonyl (C=O) groups excluding carboxylic acids is 1. The molecule has 23 heavy (non-hydrogen) atoms. The Morgan fingerprint density at radius 3 is 2.17 bits per heavy atom. The van der Waals surface area contributed by atoms with Crippen LogP contribution < -0.4 is 10.0 Å². The summed E-state index contributed by atoms with van der Waals surface area (Å²) >= 11 is 0. The van der Waals surface area contributed by atoms with E-state index in [1.807, 2.05) is 19.9 Å². The van der Waals surface area contributed by atoms with Crippen molar-refractivity contribution in [3.63, 3.8) is 0 Å². The van der Waals surface area contributed by atoms with Gasteiger partial charge in [0.2, 0.25) is 5.91 Å². The summed E-state index contributed by atoms with van der Waals surface area (Å²) in [6, 6.07) is 10.1. The van der Waals surface area contributed by atoms with Crippen molar-refractivity contribution in [2.24, 2.45) is 0 Å². The van der Waals surface area contributed by atoms with Crippen molar-refractivity contribution in [2.75, 3.05) is 10.0 Å². The summed E-state index contributed by atoms with van der Waals surface area (Å²) < 4.78 is 27.8. The fraction of sp³-hybridized carbons (Fsp3) is 0.235. The molecule has 0 aliphatic rings. The summed E-state index contributed by atoms with van der Waals surface area (Å²) in [4.78, 5) is 11.4. The Kier molecular flexibility index (Phi) is 4.75. The minimum absolute atomic E-state index is 0.213. The average molecular weight is 332 g/mol. The second kappa shape index (κ2) is 6.42. The zero-order chi connectivity index (χ0) is 17.2. The predicted molar refractivity (Wildman–Crippen MR) is 92.2 cm³/mol. The van der Waals surface area contributed by atoms with Crippen molar-refractivity contribution < 1.29 is 13.2 Å². The molecule has 0 atom stereocenters. The van der Waals surface area contributed by atoms with Crippen LogP contribution in [0.4, 0.5) is 11.4 Å². The van der Waals surface area contributed by atoms with E-state index in [9.17, 15) is 13.2 Å². The molecule has 1 amide bonds. The number of anilines is 2. The quantitative estimate of drug-likeness (QED) is 0.901. The third kappa shape index (κ3) is 4.10. The normalized spacial score (nSPS) is 11.1. The summed E-state index contributed by atoms with van der Waals surface area (Å²) in [7, 11) is -3.69. The van der Waals surface area contributed by atoms with Crippen LogP contribution in [0, 0.1) is 20.8 Å². The van der Waals surface area contributed by atoms with Crippen molar-refractivity contribution in [1.29, 1.82) is 0 Å². The first-order valence-electron chi connectivity index (χ1n) is 7.17. The number of sulfonamides is 1. The molecule has 122 valence electrons. The highest BCUT2D eigenvalue weighted by Crippen LogP contribution is 2.24. The molecule has 0 spiro atoms. The Labute approximate surface area is 136 Å². The van der Waals surface area contributed by atoms with Gasteiger partial charge in [-0.3, -0.25) is 9.52 Å². The van der Waals surface area contributed by atoms with E-state index >= 15 is 0 Å². The predicted octanol–water partition coefficient (Wildman–Crippen LogP) is 3.37. The van der Waals surface area contributed by atoms with Crippen LogP contribution in [0.3, 0.4) is 0 Å². The zero-order valence-corrected chi connectivity index (χ0v) is 14.4. The lowest BCUT2D eigenvalue weighted by molar-refractivity contribution is -0.114. The number of hydrogen-bond donors (Lipinski definition) is 2. The highest BCUT2D eigenvalue weighted by molar-refractivity contribution is 7.92. The van der Waals surface area contributed by atoms with E-state index in [-0.39, 0.29) is 10.8 Å². The molecule has 2 aromatic carbocycles. The fourth-order valence-electron chi connectivity index (χ4n) is 2.30. The van der Waals surface area contributed by atoms with Crippen LogP contribution >= 0.6 is 0 Å². The molecule has 5 nitrogen and oxygen atoms in total. The SMILES string of the molecule is CC(=O)Nc1cccc(NS(=O)(=O)c2cc(C)c(C)cc2C)c1. The molecule has 2 rings (SSSR count). The van der Waals surface area contributed by atoms with Crippen molar-refractivity contribution in [3.8, 4) is 0 Å². The Hall–Kier alpha value is -2.34. The van der Waals surface area contributed by atoms with Gasteiger partial charge in [-0.1, -0.05) is 12.1 Å². The Bertz CT molecular complexity index is 858. The molecule has 0 unspecified atom stereocenters. The van der Waals surface area contributed by atoms with Gasteiger partial charge in [-0.25, -0.2) is 8.42 Å². The zero-order valence-electron chi connectivity index (χ0n) is 13.6. The van der Waals surface area contributed by atoms with Crippen LogP contribution in [0.25, 0.3) is 0 Å². The summed E-state index contributed by atoms with van der Waals surface area (Å²) in [5.41, 5.74) is 3.60. The Balaban J connectivity index is 2.35. The van der Waals surface area contributed by atoms with E-state index in [1.165, 1.54) is 6.92 Å². The van der Waals surface area contributed by atoms with Crippen molar-refractivity contribution in [3.05, 3.63) is 53.1 Å². The van der Waals surface area contributed by atoms with Gasteiger partial charge < -0.3 is 5.32 Å². The number of rotatable bonds is 4. The molecule has 2 N–H and O–H groups in total. The van der Waals surface area contributed by atoms with Crippen LogP contribution in [0.5, 0.6) is 0 Å². The lowest BCUT2D eigenvalue weighted by atomic mass is 10.1. The van der Waals surface area contributed by atoms with Gasteiger partial charge in [0, 0.05) is 12.6 Å². The highest BCUT2D eigenvalue weighted by Gasteiger charge is 2.18. The summed E-state index contributed by atoms with van der Waals surface area (Å²) in [6.07, 6.45) is 0. The van der Waals surface area contributed by atoms with Crippen LogP contribution in [0.2, 0.25) is 0 Å². The monoisotopic (exact) mass is 332 g/mol. The van der Waals surface area contributed by atoms with Crippen molar-refractivity contribution in [2.45, 2.75) is 32.6 Å². The van der Waals surface area contributed by atoms with Gasteiger partial charge in [-0.2, -0.15) is 0 Å². The fourth-order valence-corrected chi connectivity index (χ4v) is 3.66. The van der Waals surface area contributed by atoms with E-state index in [4.69, 9.17) is 0 Å². The number of hydrogen-bond acceptors (Lipinski definition) is 3. The molecule has 0 heterocycles. The molecular weight excluding hydrogens is 312 g/mol. The third-order valence-corrected chi connectivity index (χ3v) is 5.04. The van der Waals surface area contributed by atoms with Gasteiger partial charge in [0.25, 0.3) is 10.0 Å². The minimum atomic E-state index is -3.69. The van der Waals surface area contributed by atoms with E-state index in [1.54, 1.807) is 37.3 Å². The van der Waals surface area contributed by atoms with Gasteiger partial charge in [0.1, 0.15) is 0 Å². The molecule has 0 aromatic heterocycles. The standard InChI is InChI=1S/C17H20N2O3S/c1-11-8-13(3)17(9-12(11)2)23(21,22)19-16-7-5-6-15(10-16)18-14(4)20/h5-10,19H,1-4H3,(H,18,20). The number of aryl methyl sites for hydroxylation is 3. The van der Waals surface area contributed by atoms with Gasteiger partial charge in [0.15, 0.2) is 0 Å². The van der Waals surface area contributed by atoms with E-state index in [2.05, 4.69) is 10.0 Å². The molecular formula is C17H20N2O3S. The number of benzene rings is 2. The lowest BCUT2D eigenvalue weighted by Crippen LogP contribution is -2.15. The molecule has 0 fully saturated rings. The molecule has 0 aliphatic heterocycles. The van der Waals surface area contributed by atoms with E-state index in [0.29, 0.717) is 16.9 Å². The smallest absolute Gasteiger partial charge is 0.262 e. The second-order valence-corrected chi connectivity index (χ2v) is 7.22. The van der Waals surface area contributed by atoms with E-state index < -0.39 is 10.0 Å².